The quantitative estimate of drug-likeness (QED) is 0.797. The zero-order valence-electron chi connectivity index (χ0n) is 11.1. The average Bonchev–Trinajstić information content (AvgIpc) is 2.47. The molecule has 0 aliphatic heterocycles. The van der Waals surface area contributed by atoms with Gasteiger partial charge >= 0.3 is 0 Å². The number of nitrogens with one attached hydrogen (secondary N) is 2. The number of para-hydroxylation sites is 1. The summed E-state index contributed by atoms with van der Waals surface area (Å²) >= 11 is 3.40. The number of halogens is 1. The van der Waals surface area contributed by atoms with Gasteiger partial charge in [-0.1, -0.05) is 42.5 Å². The lowest BCUT2D eigenvalue weighted by molar-refractivity contribution is -0.115. The van der Waals surface area contributed by atoms with E-state index in [-0.39, 0.29) is 5.91 Å². The van der Waals surface area contributed by atoms with Crippen molar-refractivity contribution in [3.8, 4) is 0 Å². The fourth-order valence-corrected chi connectivity index (χ4v) is 2.22. The molecule has 0 bridgehead atoms. The molecule has 0 atom stereocenters. The average molecular weight is 333 g/mol. The monoisotopic (exact) mass is 332 g/mol. The van der Waals surface area contributed by atoms with Gasteiger partial charge < -0.3 is 10.6 Å². The van der Waals surface area contributed by atoms with E-state index in [0.29, 0.717) is 6.54 Å². The van der Waals surface area contributed by atoms with Crippen LogP contribution in [-0.2, 0) is 11.2 Å². The highest BCUT2D eigenvalue weighted by Gasteiger charge is 2.04. The van der Waals surface area contributed by atoms with Crippen LogP contribution in [0.4, 0.5) is 5.69 Å². The zero-order valence-corrected chi connectivity index (χ0v) is 12.7. The van der Waals surface area contributed by atoms with Gasteiger partial charge in [0.1, 0.15) is 0 Å². The molecule has 0 heterocycles. The molecular formula is C16H17BrN2O. The Morgan fingerprint density at radius 1 is 1.00 bits per heavy atom. The molecule has 2 aromatic carbocycles. The van der Waals surface area contributed by atoms with Crippen LogP contribution in [0.1, 0.15) is 5.56 Å². The second-order valence-electron chi connectivity index (χ2n) is 4.44. The van der Waals surface area contributed by atoms with E-state index in [1.165, 1.54) is 5.56 Å². The van der Waals surface area contributed by atoms with E-state index in [2.05, 4.69) is 38.7 Å². The SMILES string of the molecule is O=C(CNCCc1ccccc1)Nc1ccccc1Br. The van der Waals surface area contributed by atoms with E-state index >= 15 is 0 Å². The molecule has 0 fully saturated rings. The van der Waals surface area contributed by atoms with Gasteiger partial charge in [0.2, 0.25) is 5.91 Å². The van der Waals surface area contributed by atoms with E-state index in [0.717, 1.165) is 23.1 Å². The molecule has 0 unspecified atom stereocenters. The maximum atomic E-state index is 11.8. The lowest BCUT2D eigenvalue weighted by Crippen LogP contribution is -2.29. The molecule has 1 amide bonds. The minimum Gasteiger partial charge on any atom is -0.324 e. The number of benzene rings is 2. The van der Waals surface area contributed by atoms with Crippen molar-refractivity contribution >= 4 is 27.5 Å². The Bertz CT molecular complexity index is 557. The van der Waals surface area contributed by atoms with Crippen LogP contribution in [0.5, 0.6) is 0 Å². The number of amides is 1. The maximum Gasteiger partial charge on any atom is 0.238 e. The van der Waals surface area contributed by atoms with Crippen LogP contribution in [0.15, 0.2) is 59.1 Å². The highest BCUT2D eigenvalue weighted by Crippen LogP contribution is 2.20. The summed E-state index contributed by atoms with van der Waals surface area (Å²) in [6.07, 6.45) is 0.920. The predicted molar refractivity (Wildman–Crippen MR) is 85.8 cm³/mol. The van der Waals surface area contributed by atoms with Gasteiger partial charge in [0.15, 0.2) is 0 Å². The summed E-state index contributed by atoms with van der Waals surface area (Å²) in [6, 6.07) is 17.8. The van der Waals surface area contributed by atoms with E-state index in [4.69, 9.17) is 0 Å². The molecular weight excluding hydrogens is 316 g/mol. The Hall–Kier alpha value is -1.65. The normalized spacial score (nSPS) is 10.2. The van der Waals surface area contributed by atoms with E-state index in [1.807, 2.05) is 42.5 Å². The molecule has 0 spiro atoms. The number of hydrogen-bond acceptors (Lipinski definition) is 2. The summed E-state index contributed by atoms with van der Waals surface area (Å²) in [5, 5.41) is 6.01. The first-order chi connectivity index (χ1) is 9.75. The Kier molecular flexibility index (Phi) is 5.77. The molecule has 2 aromatic rings. The third-order valence-electron chi connectivity index (χ3n) is 2.87. The lowest BCUT2D eigenvalue weighted by Gasteiger charge is -2.08. The Labute approximate surface area is 127 Å². The maximum absolute atomic E-state index is 11.8. The first-order valence-corrected chi connectivity index (χ1v) is 7.34. The highest BCUT2D eigenvalue weighted by atomic mass is 79.9. The lowest BCUT2D eigenvalue weighted by atomic mass is 10.1. The van der Waals surface area contributed by atoms with Crippen molar-refractivity contribution in [1.29, 1.82) is 0 Å². The molecule has 0 saturated heterocycles. The topological polar surface area (TPSA) is 41.1 Å². The van der Waals surface area contributed by atoms with Crippen LogP contribution in [-0.4, -0.2) is 19.0 Å². The molecule has 0 radical (unpaired) electrons. The first kappa shape index (κ1) is 14.8. The van der Waals surface area contributed by atoms with Gasteiger partial charge in [-0.3, -0.25) is 4.79 Å². The largest absolute Gasteiger partial charge is 0.324 e. The molecule has 104 valence electrons. The van der Waals surface area contributed by atoms with Crippen molar-refractivity contribution in [2.45, 2.75) is 6.42 Å². The van der Waals surface area contributed by atoms with Gasteiger partial charge in [0.25, 0.3) is 0 Å². The highest BCUT2D eigenvalue weighted by molar-refractivity contribution is 9.10. The summed E-state index contributed by atoms with van der Waals surface area (Å²) in [7, 11) is 0. The van der Waals surface area contributed by atoms with Crippen molar-refractivity contribution in [3.05, 3.63) is 64.6 Å². The minimum atomic E-state index is -0.0371. The number of carbonyl (C=O) groups is 1. The zero-order chi connectivity index (χ0) is 14.2. The van der Waals surface area contributed by atoms with Crippen molar-refractivity contribution in [3.63, 3.8) is 0 Å². The molecule has 0 aromatic heterocycles. The van der Waals surface area contributed by atoms with Gasteiger partial charge in [0, 0.05) is 4.47 Å². The summed E-state index contributed by atoms with van der Waals surface area (Å²) in [5.74, 6) is -0.0371. The van der Waals surface area contributed by atoms with Crippen LogP contribution < -0.4 is 10.6 Å². The smallest absolute Gasteiger partial charge is 0.238 e. The fourth-order valence-electron chi connectivity index (χ4n) is 1.84. The van der Waals surface area contributed by atoms with E-state index in [1.54, 1.807) is 0 Å². The predicted octanol–water partition coefficient (Wildman–Crippen LogP) is 3.22. The molecule has 2 rings (SSSR count). The van der Waals surface area contributed by atoms with Crippen LogP contribution in [0.3, 0.4) is 0 Å². The molecule has 0 saturated carbocycles. The Morgan fingerprint density at radius 3 is 2.45 bits per heavy atom. The van der Waals surface area contributed by atoms with Crippen LogP contribution in [0.2, 0.25) is 0 Å². The van der Waals surface area contributed by atoms with Crippen LogP contribution in [0.25, 0.3) is 0 Å². The second-order valence-corrected chi connectivity index (χ2v) is 5.29. The summed E-state index contributed by atoms with van der Waals surface area (Å²) < 4.78 is 0.887. The van der Waals surface area contributed by atoms with Crippen LogP contribution >= 0.6 is 15.9 Å². The molecule has 0 aliphatic rings. The van der Waals surface area contributed by atoms with Crippen molar-refractivity contribution < 1.29 is 4.79 Å². The van der Waals surface area contributed by atoms with Gasteiger partial charge in [0.05, 0.1) is 12.2 Å². The Balaban J connectivity index is 1.69. The summed E-state index contributed by atoms with van der Waals surface area (Å²) in [5.41, 5.74) is 2.06. The van der Waals surface area contributed by atoms with E-state index in [9.17, 15) is 4.79 Å². The van der Waals surface area contributed by atoms with Crippen molar-refractivity contribution in [1.82, 2.24) is 5.32 Å². The van der Waals surface area contributed by atoms with Gasteiger partial charge in [-0.2, -0.15) is 0 Å². The third-order valence-corrected chi connectivity index (χ3v) is 3.56. The first-order valence-electron chi connectivity index (χ1n) is 6.55. The van der Waals surface area contributed by atoms with Gasteiger partial charge in [-0.25, -0.2) is 0 Å². The van der Waals surface area contributed by atoms with Gasteiger partial charge in [-0.05, 0) is 46.6 Å². The minimum absolute atomic E-state index is 0.0371. The second kappa shape index (κ2) is 7.82. The standard InChI is InChI=1S/C16H17BrN2O/c17-14-8-4-5-9-15(14)19-16(20)12-18-11-10-13-6-2-1-3-7-13/h1-9,18H,10-12H2,(H,19,20). The van der Waals surface area contributed by atoms with Crippen molar-refractivity contribution in [2.24, 2.45) is 0 Å². The molecule has 0 aliphatic carbocycles. The van der Waals surface area contributed by atoms with Crippen LogP contribution in [0, 0.1) is 0 Å². The van der Waals surface area contributed by atoms with E-state index < -0.39 is 0 Å². The number of anilines is 1. The molecule has 3 nitrogen and oxygen atoms in total. The number of carbonyl (C=O) groups excluding carboxylic acids is 1. The molecule has 2 N–H and O–H groups in total. The fraction of sp³-hybridized carbons (Fsp3) is 0.188. The van der Waals surface area contributed by atoms with Gasteiger partial charge in [-0.15, -0.1) is 0 Å². The number of rotatable bonds is 6. The molecule has 20 heavy (non-hydrogen) atoms. The summed E-state index contributed by atoms with van der Waals surface area (Å²) in [6.45, 7) is 1.10. The Morgan fingerprint density at radius 2 is 1.70 bits per heavy atom. The van der Waals surface area contributed by atoms with Crippen molar-refractivity contribution in [2.75, 3.05) is 18.4 Å². The summed E-state index contributed by atoms with van der Waals surface area (Å²) in [4.78, 5) is 11.8. The number of hydrogen-bond donors (Lipinski definition) is 2. The third kappa shape index (κ3) is 4.79. The molecule has 4 heteroatoms.